The average Bonchev–Trinajstić information content (AvgIpc) is 2.80. The molecule has 2 aromatic rings. The van der Waals surface area contributed by atoms with Gasteiger partial charge in [-0.15, -0.1) is 0 Å². The van der Waals surface area contributed by atoms with E-state index < -0.39 is 0 Å². The molecule has 0 spiro atoms. The Morgan fingerprint density at radius 1 is 0.867 bits per heavy atom. The van der Waals surface area contributed by atoms with E-state index in [4.69, 9.17) is 4.74 Å². The summed E-state index contributed by atoms with van der Waals surface area (Å²) in [5.41, 5.74) is 6.93. The Balaban J connectivity index is 1.39. The molecule has 0 heterocycles. The molecule has 1 saturated carbocycles. The molecule has 0 N–H and O–H groups in total. The number of benzene rings is 2. The molecule has 1 fully saturated rings. The maximum atomic E-state index is 5.29. The van der Waals surface area contributed by atoms with Crippen LogP contribution >= 0.6 is 0 Å². The Labute approximate surface area is 183 Å². The summed E-state index contributed by atoms with van der Waals surface area (Å²) in [6, 6.07) is 15.4. The molecule has 1 atom stereocenters. The van der Waals surface area contributed by atoms with Crippen LogP contribution in [0.5, 0.6) is 5.75 Å². The second kappa shape index (κ2) is 9.86. The van der Waals surface area contributed by atoms with E-state index in [1.165, 1.54) is 80.0 Å². The summed E-state index contributed by atoms with van der Waals surface area (Å²) in [6.07, 6.45) is 15.2. The van der Waals surface area contributed by atoms with Crippen molar-refractivity contribution in [1.82, 2.24) is 0 Å². The molecule has 0 aromatic heterocycles. The van der Waals surface area contributed by atoms with Crippen molar-refractivity contribution >= 4 is 5.57 Å². The normalized spacial score (nSPS) is 24.4. The van der Waals surface area contributed by atoms with E-state index in [1.807, 2.05) is 12.1 Å². The lowest BCUT2D eigenvalue weighted by Gasteiger charge is -2.35. The van der Waals surface area contributed by atoms with E-state index in [0.717, 1.165) is 23.5 Å². The Morgan fingerprint density at radius 2 is 1.60 bits per heavy atom. The zero-order valence-electron chi connectivity index (χ0n) is 19.1. The van der Waals surface area contributed by atoms with Gasteiger partial charge in [0.05, 0.1) is 7.11 Å². The number of hydrogen-bond donors (Lipinski definition) is 0. The van der Waals surface area contributed by atoms with Crippen molar-refractivity contribution in [3.63, 3.8) is 0 Å². The predicted molar refractivity (Wildman–Crippen MR) is 129 cm³/mol. The topological polar surface area (TPSA) is 9.23 Å². The van der Waals surface area contributed by atoms with Gasteiger partial charge in [-0.1, -0.05) is 69.0 Å². The highest BCUT2D eigenvalue weighted by Gasteiger charge is 2.28. The number of rotatable bonds is 6. The summed E-state index contributed by atoms with van der Waals surface area (Å²) in [7, 11) is 1.72. The summed E-state index contributed by atoms with van der Waals surface area (Å²) in [4.78, 5) is 0. The van der Waals surface area contributed by atoms with E-state index in [2.05, 4.69) is 50.3 Å². The van der Waals surface area contributed by atoms with Crippen LogP contribution in [0.1, 0.15) is 75.8 Å². The third-order valence-corrected chi connectivity index (χ3v) is 7.70. The Hall–Kier alpha value is -2.02. The first-order chi connectivity index (χ1) is 14.7. The van der Waals surface area contributed by atoms with E-state index >= 15 is 0 Å². The number of ether oxygens (including phenoxy) is 1. The summed E-state index contributed by atoms with van der Waals surface area (Å²) >= 11 is 0. The highest BCUT2D eigenvalue weighted by Crippen LogP contribution is 2.42. The van der Waals surface area contributed by atoms with Gasteiger partial charge in [0.2, 0.25) is 0 Å². The molecule has 0 saturated heterocycles. The maximum Gasteiger partial charge on any atom is 0.118 e. The van der Waals surface area contributed by atoms with Crippen molar-refractivity contribution in [1.29, 1.82) is 0 Å². The molecule has 1 nitrogen and oxygen atoms in total. The van der Waals surface area contributed by atoms with Crippen molar-refractivity contribution in [3.8, 4) is 16.9 Å². The standard InChI is InChI=1S/C29H38O/c1-4-5-22-6-8-23(9-7-22)24-10-12-25(13-11-24)27-16-19-29(21(2)20-27)26-14-17-28(30-3)18-15-26/h12,14-20,22-24H,4-11,13H2,1-3H3. The average molecular weight is 403 g/mol. The molecular weight excluding hydrogens is 364 g/mol. The SMILES string of the molecule is CCCC1CCC(C2CC=C(c3ccc(-c4ccc(OC)cc4)c(C)c3)CC2)CC1. The van der Waals surface area contributed by atoms with E-state index in [-0.39, 0.29) is 0 Å². The fourth-order valence-electron chi connectivity index (χ4n) is 5.86. The molecule has 0 amide bonds. The third kappa shape index (κ3) is 4.82. The van der Waals surface area contributed by atoms with Crippen molar-refractivity contribution in [3.05, 3.63) is 59.7 Å². The first kappa shape index (κ1) is 21.2. The first-order valence-electron chi connectivity index (χ1n) is 12.1. The molecule has 0 bridgehead atoms. The van der Waals surface area contributed by atoms with Gasteiger partial charge in [-0.05, 0) is 96.7 Å². The molecule has 1 unspecified atom stereocenters. The molecule has 160 valence electrons. The minimum absolute atomic E-state index is 0.911. The smallest absolute Gasteiger partial charge is 0.118 e. The third-order valence-electron chi connectivity index (χ3n) is 7.70. The van der Waals surface area contributed by atoms with Crippen LogP contribution < -0.4 is 4.74 Å². The molecule has 0 aliphatic heterocycles. The quantitative estimate of drug-likeness (QED) is 0.471. The summed E-state index contributed by atoms with van der Waals surface area (Å²) in [6.45, 7) is 4.58. The van der Waals surface area contributed by atoms with Crippen LogP contribution in [0.2, 0.25) is 0 Å². The molecular formula is C29H38O. The van der Waals surface area contributed by atoms with Crippen molar-refractivity contribution in [2.24, 2.45) is 17.8 Å². The summed E-state index contributed by atoms with van der Waals surface area (Å²) < 4.78 is 5.29. The number of aryl methyl sites for hydroxylation is 1. The van der Waals surface area contributed by atoms with Gasteiger partial charge >= 0.3 is 0 Å². The van der Waals surface area contributed by atoms with Gasteiger partial charge in [0.15, 0.2) is 0 Å². The van der Waals surface area contributed by atoms with E-state index in [1.54, 1.807) is 12.7 Å². The van der Waals surface area contributed by atoms with Gasteiger partial charge < -0.3 is 4.74 Å². The van der Waals surface area contributed by atoms with Crippen LogP contribution in [-0.2, 0) is 0 Å². The fourth-order valence-corrected chi connectivity index (χ4v) is 5.86. The number of allylic oxidation sites excluding steroid dienone is 2. The van der Waals surface area contributed by atoms with Crippen molar-refractivity contribution < 1.29 is 4.74 Å². The Kier molecular flexibility index (Phi) is 6.97. The van der Waals surface area contributed by atoms with E-state index in [9.17, 15) is 0 Å². The minimum Gasteiger partial charge on any atom is -0.497 e. The maximum absolute atomic E-state index is 5.29. The molecule has 1 heteroatoms. The lowest BCUT2D eigenvalue weighted by atomic mass is 9.70. The second-order valence-corrected chi connectivity index (χ2v) is 9.59. The predicted octanol–water partition coefficient (Wildman–Crippen LogP) is 8.46. The lowest BCUT2D eigenvalue weighted by molar-refractivity contribution is 0.189. The zero-order chi connectivity index (χ0) is 20.9. The van der Waals surface area contributed by atoms with Crippen LogP contribution in [0.15, 0.2) is 48.5 Å². The van der Waals surface area contributed by atoms with Gasteiger partial charge in [-0.2, -0.15) is 0 Å². The zero-order valence-corrected chi connectivity index (χ0v) is 19.1. The summed E-state index contributed by atoms with van der Waals surface area (Å²) in [5, 5.41) is 0. The van der Waals surface area contributed by atoms with Crippen molar-refractivity contribution in [2.75, 3.05) is 7.11 Å². The minimum atomic E-state index is 0.911. The van der Waals surface area contributed by atoms with Crippen LogP contribution in [0, 0.1) is 24.7 Å². The first-order valence-corrected chi connectivity index (χ1v) is 12.1. The monoisotopic (exact) mass is 402 g/mol. The highest BCUT2D eigenvalue weighted by molar-refractivity contribution is 5.73. The van der Waals surface area contributed by atoms with Crippen LogP contribution in [0.4, 0.5) is 0 Å². The second-order valence-electron chi connectivity index (χ2n) is 9.59. The van der Waals surface area contributed by atoms with Gasteiger partial charge in [0.25, 0.3) is 0 Å². The van der Waals surface area contributed by atoms with Gasteiger partial charge in [0.1, 0.15) is 5.75 Å². The molecule has 2 aliphatic carbocycles. The van der Waals surface area contributed by atoms with Crippen LogP contribution in [-0.4, -0.2) is 7.11 Å². The number of methoxy groups -OCH3 is 1. The molecule has 0 radical (unpaired) electrons. The van der Waals surface area contributed by atoms with Crippen LogP contribution in [0.25, 0.3) is 16.7 Å². The summed E-state index contributed by atoms with van der Waals surface area (Å²) in [5.74, 6) is 3.84. The van der Waals surface area contributed by atoms with Crippen molar-refractivity contribution in [2.45, 2.75) is 71.6 Å². The number of hydrogen-bond acceptors (Lipinski definition) is 1. The molecule has 2 aromatic carbocycles. The van der Waals surface area contributed by atoms with Crippen LogP contribution in [0.3, 0.4) is 0 Å². The largest absolute Gasteiger partial charge is 0.497 e. The van der Waals surface area contributed by atoms with Gasteiger partial charge in [-0.25, -0.2) is 0 Å². The molecule has 4 rings (SSSR count). The Morgan fingerprint density at radius 3 is 2.20 bits per heavy atom. The Bertz CT molecular complexity index is 852. The van der Waals surface area contributed by atoms with Gasteiger partial charge in [0, 0.05) is 0 Å². The van der Waals surface area contributed by atoms with Gasteiger partial charge in [-0.3, -0.25) is 0 Å². The fraction of sp³-hybridized carbons (Fsp3) is 0.517. The lowest BCUT2D eigenvalue weighted by Crippen LogP contribution is -2.23. The highest BCUT2D eigenvalue weighted by atomic mass is 16.5. The molecule has 2 aliphatic rings. The molecule has 30 heavy (non-hydrogen) atoms. The van der Waals surface area contributed by atoms with E-state index in [0.29, 0.717) is 0 Å².